The normalized spacial score (nSPS) is 24.2. The van der Waals surface area contributed by atoms with Gasteiger partial charge in [0.15, 0.2) is 0 Å². The Morgan fingerprint density at radius 1 is 1.62 bits per heavy atom. The molecular formula is C10H18BrNO. The number of hydrogen-bond donors (Lipinski definition) is 0. The van der Waals surface area contributed by atoms with Crippen LogP contribution in [0.15, 0.2) is 0 Å². The highest BCUT2D eigenvalue weighted by Gasteiger charge is 2.36. The van der Waals surface area contributed by atoms with Crippen LogP contribution in [0, 0.1) is 5.92 Å². The molecule has 1 heterocycles. The summed E-state index contributed by atoms with van der Waals surface area (Å²) in [5, 5.41) is 0.940. The molecule has 1 amide bonds. The summed E-state index contributed by atoms with van der Waals surface area (Å²) in [5.41, 5.74) is 0.0357. The lowest BCUT2D eigenvalue weighted by Crippen LogP contribution is -2.44. The van der Waals surface area contributed by atoms with E-state index >= 15 is 0 Å². The number of halogens is 1. The average Bonchev–Trinajstić information content (AvgIpc) is 2.47. The van der Waals surface area contributed by atoms with Gasteiger partial charge in [-0.05, 0) is 26.2 Å². The summed E-state index contributed by atoms with van der Waals surface area (Å²) in [4.78, 5) is 13.7. The van der Waals surface area contributed by atoms with E-state index in [2.05, 4.69) is 36.7 Å². The molecule has 76 valence electrons. The Morgan fingerprint density at radius 3 is 2.62 bits per heavy atom. The molecule has 13 heavy (non-hydrogen) atoms. The first kappa shape index (κ1) is 11.0. The van der Waals surface area contributed by atoms with Crippen LogP contribution >= 0.6 is 15.9 Å². The Morgan fingerprint density at radius 2 is 2.23 bits per heavy atom. The van der Waals surface area contributed by atoms with Gasteiger partial charge in [-0.15, -0.1) is 0 Å². The second-order valence-electron chi connectivity index (χ2n) is 4.39. The molecule has 0 saturated carbocycles. The molecule has 2 nitrogen and oxygen atoms in total. The van der Waals surface area contributed by atoms with Crippen LogP contribution < -0.4 is 0 Å². The molecular weight excluding hydrogens is 230 g/mol. The van der Waals surface area contributed by atoms with Gasteiger partial charge in [0.25, 0.3) is 0 Å². The zero-order chi connectivity index (χ0) is 10.1. The molecule has 1 unspecified atom stereocenters. The third kappa shape index (κ3) is 2.25. The Bertz CT molecular complexity index is 203. The van der Waals surface area contributed by atoms with Crippen LogP contribution in [0.3, 0.4) is 0 Å². The van der Waals surface area contributed by atoms with Crippen molar-refractivity contribution in [2.75, 3.05) is 11.9 Å². The highest BCUT2D eigenvalue weighted by atomic mass is 79.9. The lowest BCUT2D eigenvalue weighted by molar-refractivity contribution is -0.132. The zero-order valence-corrected chi connectivity index (χ0v) is 10.2. The highest BCUT2D eigenvalue weighted by Crippen LogP contribution is 2.28. The van der Waals surface area contributed by atoms with E-state index in [0.717, 1.165) is 18.3 Å². The van der Waals surface area contributed by atoms with E-state index in [1.807, 2.05) is 4.90 Å². The molecule has 1 rings (SSSR count). The maximum atomic E-state index is 11.7. The van der Waals surface area contributed by atoms with Crippen LogP contribution in [0.2, 0.25) is 0 Å². The van der Waals surface area contributed by atoms with Crippen molar-refractivity contribution in [3.8, 4) is 0 Å². The minimum Gasteiger partial charge on any atom is -0.337 e. The van der Waals surface area contributed by atoms with E-state index in [4.69, 9.17) is 0 Å². The fraction of sp³-hybridized carbons (Fsp3) is 0.900. The van der Waals surface area contributed by atoms with Crippen molar-refractivity contribution in [1.29, 1.82) is 0 Å². The summed E-state index contributed by atoms with van der Waals surface area (Å²) in [6, 6.07) is 0. The molecule has 1 aliphatic rings. The topological polar surface area (TPSA) is 20.3 Å². The molecule has 0 radical (unpaired) electrons. The van der Waals surface area contributed by atoms with E-state index < -0.39 is 0 Å². The molecule has 1 atom stereocenters. The van der Waals surface area contributed by atoms with Crippen LogP contribution in [0.4, 0.5) is 0 Å². The van der Waals surface area contributed by atoms with Crippen molar-refractivity contribution in [2.24, 2.45) is 5.92 Å². The number of rotatable bonds is 3. The van der Waals surface area contributed by atoms with Crippen molar-refractivity contribution in [1.82, 2.24) is 4.90 Å². The summed E-state index contributed by atoms with van der Waals surface area (Å²) in [7, 11) is 0. The van der Waals surface area contributed by atoms with E-state index in [-0.39, 0.29) is 5.54 Å². The number of alkyl halides is 1. The molecule has 0 spiro atoms. The van der Waals surface area contributed by atoms with Gasteiger partial charge in [0.05, 0.1) is 0 Å². The predicted octanol–water partition coefficient (Wildman–Crippen LogP) is 2.42. The second-order valence-corrected chi connectivity index (χ2v) is 5.04. The van der Waals surface area contributed by atoms with Crippen molar-refractivity contribution >= 4 is 21.8 Å². The van der Waals surface area contributed by atoms with E-state index in [1.54, 1.807) is 0 Å². The van der Waals surface area contributed by atoms with E-state index in [9.17, 15) is 4.79 Å². The van der Waals surface area contributed by atoms with Crippen molar-refractivity contribution in [2.45, 2.75) is 39.2 Å². The molecule has 1 aliphatic heterocycles. The minimum absolute atomic E-state index is 0.0357. The van der Waals surface area contributed by atoms with Crippen LogP contribution in [0.1, 0.15) is 33.6 Å². The van der Waals surface area contributed by atoms with Crippen LogP contribution in [-0.4, -0.2) is 28.2 Å². The number of amides is 1. The SMILES string of the molecule is CCC(C)(C)N1CC(CBr)CC1=O. The summed E-state index contributed by atoms with van der Waals surface area (Å²) in [5.74, 6) is 0.828. The van der Waals surface area contributed by atoms with Gasteiger partial charge in [-0.2, -0.15) is 0 Å². The quantitative estimate of drug-likeness (QED) is 0.702. The maximum absolute atomic E-state index is 11.7. The Kier molecular flexibility index (Phi) is 3.38. The molecule has 0 bridgehead atoms. The van der Waals surface area contributed by atoms with Crippen LogP contribution in [0.25, 0.3) is 0 Å². The molecule has 3 heteroatoms. The first-order valence-electron chi connectivity index (χ1n) is 4.87. The van der Waals surface area contributed by atoms with Crippen LogP contribution in [-0.2, 0) is 4.79 Å². The first-order chi connectivity index (χ1) is 6.01. The summed E-state index contributed by atoms with van der Waals surface area (Å²) in [6.45, 7) is 7.34. The standard InChI is InChI=1S/C10H18BrNO/c1-4-10(2,3)12-7-8(6-11)5-9(12)13/h8H,4-7H2,1-3H3. The molecule has 1 fully saturated rings. The Balaban J connectivity index is 2.67. The monoisotopic (exact) mass is 247 g/mol. The van der Waals surface area contributed by atoms with Gasteiger partial charge in [0, 0.05) is 23.8 Å². The minimum atomic E-state index is 0.0357. The van der Waals surface area contributed by atoms with Gasteiger partial charge in [0.1, 0.15) is 0 Å². The van der Waals surface area contributed by atoms with Gasteiger partial charge in [-0.1, -0.05) is 22.9 Å². The van der Waals surface area contributed by atoms with Gasteiger partial charge < -0.3 is 4.90 Å². The lowest BCUT2D eigenvalue weighted by atomic mass is 10.00. The van der Waals surface area contributed by atoms with Crippen molar-refractivity contribution < 1.29 is 4.79 Å². The largest absolute Gasteiger partial charge is 0.337 e. The van der Waals surface area contributed by atoms with Gasteiger partial charge in [-0.3, -0.25) is 4.79 Å². The third-order valence-corrected chi connectivity index (χ3v) is 3.93. The molecule has 1 saturated heterocycles. The molecule has 0 aromatic heterocycles. The molecule has 0 aromatic carbocycles. The van der Waals surface area contributed by atoms with Gasteiger partial charge in [0.2, 0.25) is 5.91 Å². The number of carbonyl (C=O) groups excluding carboxylic acids is 1. The number of hydrogen-bond acceptors (Lipinski definition) is 1. The summed E-state index contributed by atoms with van der Waals surface area (Å²) >= 11 is 3.44. The fourth-order valence-electron chi connectivity index (χ4n) is 1.66. The molecule has 0 aromatic rings. The van der Waals surface area contributed by atoms with Crippen molar-refractivity contribution in [3.63, 3.8) is 0 Å². The molecule has 0 N–H and O–H groups in total. The second kappa shape index (κ2) is 3.99. The maximum Gasteiger partial charge on any atom is 0.223 e. The number of likely N-dealkylation sites (tertiary alicyclic amines) is 1. The lowest BCUT2D eigenvalue weighted by Gasteiger charge is -2.35. The highest BCUT2D eigenvalue weighted by molar-refractivity contribution is 9.09. The zero-order valence-electron chi connectivity index (χ0n) is 8.64. The Labute approximate surface area is 88.8 Å². The first-order valence-corrected chi connectivity index (χ1v) is 6.00. The van der Waals surface area contributed by atoms with Crippen LogP contribution in [0.5, 0.6) is 0 Å². The third-order valence-electron chi connectivity index (χ3n) is 3.02. The van der Waals surface area contributed by atoms with Gasteiger partial charge >= 0.3 is 0 Å². The number of nitrogens with zero attached hydrogens (tertiary/aromatic N) is 1. The molecule has 0 aliphatic carbocycles. The summed E-state index contributed by atoms with van der Waals surface area (Å²) < 4.78 is 0. The predicted molar refractivity (Wildman–Crippen MR) is 58.0 cm³/mol. The van der Waals surface area contributed by atoms with Gasteiger partial charge in [-0.25, -0.2) is 0 Å². The smallest absolute Gasteiger partial charge is 0.223 e. The van der Waals surface area contributed by atoms with Crippen molar-refractivity contribution in [3.05, 3.63) is 0 Å². The van der Waals surface area contributed by atoms with E-state index in [0.29, 0.717) is 18.2 Å². The average molecular weight is 248 g/mol. The number of carbonyl (C=O) groups is 1. The summed E-state index contributed by atoms with van der Waals surface area (Å²) in [6.07, 6.45) is 1.74. The Hall–Kier alpha value is -0.0500. The fourth-order valence-corrected chi connectivity index (χ4v) is 2.09. The van der Waals surface area contributed by atoms with E-state index in [1.165, 1.54) is 0 Å².